The van der Waals surface area contributed by atoms with Gasteiger partial charge in [0.15, 0.2) is 16.0 Å². The third-order valence-electron chi connectivity index (χ3n) is 6.70. The molecule has 8 nitrogen and oxygen atoms in total. The minimum Gasteiger partial charge on any atom is -0.302 e. The molecule has 0 spiro atoms. The third-order valence-corrected chi connectivity index (χ3v) is 8.10. The first kappa shape index (κ1) is 24.5. The van der Waals surface area contributed by atoms with Gasteiger partial charge < -0.3 is 4.79 Å². The van der Waals surface area contributed by atoms with Crippen LogP contribution in [0.4, 0.5) is 17.6 Å². The lowest BCUT2D eigenvalue weighted by Gasteiger charge is -2.44. The normalized spacial score (nSPS) is 22.6. The molecule has 3 aromatic rings. The average molecular weight is 523 g/mol. The summed E-state index contributed by atoms with van der Waals surface area (Å²) in [5.74, 6) is -0.376. The number of aldehydes is 1. The highest BCUT2D eigenvalue weighted by Crippen LogP contribution is 2.48. The number of fused-ring (bicyclic) bond motifs is 2. The predicted octanol–water partition coefficient (Wildman–Crippen LogP) is 3.40. The number of hydrogen-bond donors (Lipinski definition) is 0. The fraction of sp³-hybridized carbons (Fsp3) is 0.391. The number of carbonyl (C=O) groups excluding carboxylic acids is 1. The molecule has 0 bridgehead atoms. The summed E-state index contributed by atoms with van der Waals surface area (Å²) in [5.41, 5.74) is 1.92. The van der Waals surface area contributed by atoms with Crippen molar-refractivity contribution in [2.24, 2.45) is 12.5 Å². The maximum absolute atomic E-state index is 13.5. The van der Waals surface area contributed by atoms with E-state index in [1.54, 1.807) is 23.0 Å². The molecule has 0 amide bonds. The van der Waals surface area contributed by atoms with Crippen molar-refractivity contribution in [3.8, 4) is 5.69 Å². The van der Waals surface area contributed by atoms with Gasteiger partial charge in [0.2, 0.25) is 0 Å². The van der Waals surface area contributed by atoms with Crippen molar-refractivity contribution in [2.75, 3.05) is 6.54 Å². The Morgan fingerprint density at radius 2 is 1.97 bits per heavy atom. The zero-order chi connectivity index (χ0) is 25.7. The molecule has 0 aliphatic heterocycles. The van der Waals surface area contributed by atoms with E-state index >= 15 is 0 Å². The fourth-order valence-corrected chi connectivity index (χ4v) is 6.32. The maximum atomic E-state index is 13.5. The third kappa shape index (κ3) is 4.52. The summed E-state index contributed by atoms with van der Waals surface area (Å²) < 4.78 is 69.6. The van der Waals surface area contributed by atoms with E-state index in [0.29, 0.717) is 12.1 Å². The van der Waals surface area contributed by atoms with Crippen LogP contribution < -0.4 is 0 Å². The Kier molecular flexibility index (Phi) is 6.15. The predicted molar refractivity (Wildman–Crippen MR) is 122 cm³/mol. The Labute approximate surface area is 206 Å². The van der Waals surface area contributed by atoms with Crippen LogP contribution in [0.2, 0.25) is 0 Å². The highest BCUT2D eigenvalue weighted by molar-refractivity contribution is 7.82. The van der Waals surface area contributed by atoms with E-state index in [-0.39, 0.29) is 30.1 Å². The minimum absolute atomic E-state index is 0.0743. The molecule has 1 saturated carbocycles. The zero-order valence-corrected chi connectivity index (χ0v) is 20.0. The van der Waals surface area contributed by atoms with Crippen molar-refractivity contribution in [2.45, 2.75) is 42.9 Å². The molecule has 2 aliphatic carbocycles. The largest absolute Gasteiger partial charge is 0.402 e. The smallest absolute Gasteiger partial charge is 0.302 e. The van der Waals surface area contributed by atoms with Gasteiger partial charge in [-0.25, -0.2) is 17.6 Å². The number of aromatic nitrogens is 5. The van der Waals surface area contributed by atoms with Gasteiger partial charge in [0.1, 0.15) is 18.6 Å². The van der Waals surface area contributed by atoms with Crippen LogP contribution in [0.25, 0.3) is 11.8 Å². The highest BCUT2D eigenvalue weighted by atomic mass is 32.2. The van der Waals surface area contributed by atoms with E-state index < -0.39 is 35.2 Å². The topological polar surface area (TPSA) is 85.9 Å². The summed E-state index contributed by atoms with van der Waals surface area (Å²) in [6, 6.07) is 5.07. The summed E-state index contributed by atoms with van der Waals surface area (Å²) in [6.07, 6.45) is 1.81. The van der Waals surface area contributed by atoms with Gasteiger partial charge >= 0.3 is 6.18 Å². The van der Waals surface area contributed by atoms with Crippen LogP contribution in [0.5, 0.6) is 0 Å². The van der Waals surface area contributed by atoms with Crippen LogP contribution in [-0.4, -0.2) is 58.3 Å². The Balaban J connectivity index is 1.47. The van der Waals surface area contributed by atoms with Crippen molar-refractivity contribution < 1.29 is 26.6 Å². The number of carbonyl (C=O) groups is 1. The molecular weight excluding hydrogens is 500 g/mol. The van der Waals surface area contributed by atoms with Crippen molar-refractivity contribution >= 4 is 23.3 Å². The lowest BCUT2D eigenvalue weighted by molar-refractivity contribution is -0.140. The van der Waals surface area contributed by atoms with Crippen LogP contribution >= 0.6 is 0 Å². The first-order valence-electron chi connectivity index (χ1n) is 11.2. The van der Waals surface area contributed by atoms with Crippen molar-refractivity contribution in [1.82, 2.24) is 29.1 Å². The van der Waals surface area contributed by atoms with Crippen LogP contribution in [-0.2, 0) is 29.2 Å². The second-order valence-corrected chi connectivity index (χ2v) is 10.5. The lowest BCUT2D eigenvalue weighted by atomic mass is 9.64. The number of hydrogen-bond acceptors (Lipinski definition) is 5. The molecule has 0 saturated heterocycles. The van der Waals surface area contributed by atoms with Gasteiger partial charge in [-0.3, -0.25) is 0 Å². The standard InChI is InChI=1S/C23H22F4N6O2S/c1-31-28-12-21(30-31)36(35)32(13-23(25,26)27)19-5-2-16-8-20-15(9-22(16,10-19)14-34)11-29-33(20)18-6-3-17(24)4-7-18/h3-4,6-8,11-12,14,19H,2,5,9-10,13H2,1H3. The molecule has 1 aromatic carbocycles. The number of halogens is 4. The van der Waals surface area contributed by atoms with Gasteiger partial charge in [-0.1, -0.05) is 5.57 Å². The van der Waals surface area contributed by atoms with E-state index in [4.69, 9.17) is 0 Å². The van der Waals surface area contributed by atoms with Crippen molar-refractivity contribution in [3.63, 3.8) is 0 Å². The van der Waals surface area contributed by atoms with Gasteiger partial charge in [0.25, 0.3) is 0 Å². The van der Waals surface area contributed by atoms with Gasteiger partial charge in [0.05, 0.1) is 29.2 Å². The van der Waals surface area contributed by atoms with E-state index in [0.717, 1.165) is 32.2 Å². The minimum atomic E-state index is -4.60. The number of alkyl halides is 3. The van der Waals surface area contributed by atoms with E-state index in [9.17, 15) is 26.6 Å². The molecule has 13 heteroatoms. The Hall–Kier alpha value is -3.19. The lowest BCUT2D eigenvalue weighted by Crippen LogP contribution is -2.49. The second-order valence-electron chi connectivity index (χ2n) is 9.07. The van der Waals surface area contributed by atoms with Gasteiger partial charge in [0, 0.05) is 13.1 Å². The average Bonchev–Trinajstić information content (AvgIpc) is 3.46. The summed E-state index contributed by atoms with van der Waals surface area (Å²) >= 11 is 0. The number of benzene rings is 1. The molecule has 3 unspecified atom stereocenters. The molecule has 1 fully saturated rings. The molecule has 2 heterocycles. The zero-order valence-electron chi connectivity index (χ0n) is 19.2. The fourth-order valence-electron chi connectivity index (χ4n) is 5.04. The maximum Gasteiger partial charge on any atom is 0.402 e. The van der Waals surface area contributed by atoms with E-state index in [2.05, 4.69) is 15.3 Å². The van der Waals surface area contributed by atoms with Crippen LogP contribution in [0.1, 0.15) is 30.5 Å². The van der Waals surface area contributed by atoms with Gasteiger partial charge in [-0.2, -0.15) is 28.2 Å². The quantitative estimate of drug-likeness (QED) is 0.366. The molecule has 2 aliphatic rings. The van der Waals surface area contributed by atoms with Crippen LogP contribution in [0.3, 0.4) is 0 Å². The molecule has 190 valence electrons. The van der Waals surface area contributed by atoms with Crippen LogP contribution in [0, 0.1) is 11.2 Å². The van der Waals surface area contributed by atoms with Crippen LogP contribution in [0.15, 0.2) is 47.3 Å². The number of rotatable bonds is 6. The highest BCUT2D eigenvalue weighted by Gasteiger charge is 2.48. The van der Waals surface area contributed by atoms with E-state index in [1.807, 2.05) is 6.08 Å². The van der Waals surface area contributed by atoms with Crippen molar-refractivity contribution in [1.29, 1.82) is 0 Å². The molecule has 2 aromatic heterocycles. The number of allylic oxidation sites excluding steroid dienone is 1. The Morgan fingerprint density at radius 1 is 1.22 bits per heavy atom. The Morgan fingerprint density at radius 3 is 2.61 bits per heavy atom. The molecule has 0 radical (unpaired) electrons. The molecule has 36 heavy (non-hydrogen) atoms. The van der Waals surface area contributed by atoms with Gasteiger partial charge in [-0.05, 0) is 61.6 Å². The van der Waals surface area contributed by atoms with Crippen molar-refractivity contribution in [3.05, 3.63) is 59.3 Å². The van der Waals surface area contributed by atoms with Gasteiger partial charge in [-0.15, -0.1) is 5.10 Å². The monoisotopic (exact) mass is 522 g/mol. The first-order chi connectivity index (χ1) is 17.1. The first-order valence-corrected chi connectivity index (χ1v) is 12.3. The molecule has 5 rings (SSSR count). The summed E-state index contributed by atoms with van der Waals surface area (Å²) in [4.78, 5) is 13.6. The molecular formula is C23H22F4N6O2S. The molecule has 3 atom stereocenters. The second kappa shape index (κ2) is 9.04. The number of nitrogens with zero attached hydrogens (tertiary/aromatic N) is 6. The Bertz CT molecular complexity index is 1350. The summed E-state index contributed by atoms with van der Waals surface area (Å²) in [7, 11) is -0.723. The molecule has 0 N–H and O–H groups in total. The SMILES string of the molecule is Cn1ncc(S(=O)N(CC(F)(F)F)C2CCC3=Cc4c(cnn4-c4ccc(F)cc4)CC3(C=O)C2)n1. The summed E-state index contributed by atoms with van der Waals surface area (Å²) in [6.45, 7) is -1.40. The summed E-state index contributed by atoms with van der Waals surface area (Å²) in [5, 5.41) is 12.1. The number of aryl methyl sites for hydroxylation is 1. The van der Waals surface area contributed by atoms with E-state index in [1.165, 1.54) is 25.4 Å².